The summed E-state index contributed by atoms with van der Waals surface area (Å²) in [5, 5.41) is 21.5. The predicted octanol–water partition coefficient (Wildman–Crippen LogP) is 4.45. The number of aryl methyl sites for hydroxylation is 1. The number of ether oxygens (including phenoxy) is 3. The first-order chi connectivity index (χ1) is 15.5. The molecule has 7 heteroatoms. The summed E-state index contributed by atoms with van der Waals surface area (Å²) in [7, 11) is 1.50. The second-order valence-corrected chi connectivity index (χ2v) is 8.93. The Kier molecular flexibility index (Phi) is 5.59. The maximum Gasteiger partial charge on any atom is 0.306 e. The van der Waals surface area contributed by atoms with Gasteiger partial charge in [-0.15, -0.1) is 0 Å². The summed E-state index contributed by atoms with van der Waals surface area (Å²) in [6.45, 7) is 0.947. The minimum Gasteiger partial charge on any atom is -0.504 e. The zero-order chi connectivity index (χ0) is 22.2. The van der Waals surface area contributed by atoms with Crippen LogP contribution in [0.1, 0.15) is 55.7 Å². The van der Waals surface area contributed by atoms with Crippen LogP contribution in [0.2, 0.25) is 0 Å². The van der Waals surface area contributed by atoms with E-state index in [0.29, 0.717) is 24.6 Å². The average molecular weight is 440 g/mol. The fraction of sp³-hybridized carbons (Fsp3) is 0.480. The number of phenols is 2. The lowest BCUT2D eigenvalue weighted by atomic mass is 9.84. The topological polar surface area (TPSA) is 88.5 Å². The number of methoxy groups -OCH3 is 1. The Morgan fingerprint density at radius 1 is 1.09 bits per heavy atom. The first kappa shape index (κ1) is 20.9. The Hall–Kier alpha value is -2.93. The first-order valence-electron chi connectivity index (χ1n) is 11.4. The molecule has 3 atom stereocenters. The van der Waals surface area contributed by atoms with Crippen LogP contribution in [0.5, 0.6) is 28.7 Å². The molecule has 3 aliphatic heterocycles. The molecule has 0 amide bonds. The summed E-state index contributed by atoms with van der Waals surface area (Å²) in [5.74, 6) is 0.484. The predicted molar refractivity (Wildman–Crippen MR) is 117 cm³/mol. The number of esters is 1. The lowest BCUT2D eigenvalue weighted by molar-refractivity contribution is -0.154. The molecule has 0 saturated carbocycles. The van der Waals surface area contributed by atoms with Crippen molar-refractivity contribution < 1.29 is 29.2 Å². The molecule has 0 unspecified atom stereocenters. The van der Waals surface area contributed by atoms with Gasteiger partial charge in [-0.25, -0.2) is 0 Å². The van der Waals surface area contributed by atoms with Crippen LogP contribution in [0.15, 0.2) is 30.3 Å². The summed E-state index contributed by atoms with van der Waals surface area (Å²) in [4.78, 5) is 15.1. The van der Waals surface area contributed by atoms with Gasteiger partial charge in [0.2, 0.25) is 5.75 Å². The molecule has 4 bridgehead atoms. The summed E-state index contributed by atoms with van der Waals surface area (Å²) in [5.41, 5.74) is 1.65. The van der Waals surface area contributed by atoms with Crippen LogP contribution in [-0.4, -0.2) is 46.9 Å². The minimum atomic E-state index is -0.203. The maximum absolute atomic E-state index is 12.6. The number of fused-ring (bicyclic) bond motifs is 8. The first-order valence-corrected chi connectivity index (χ1v) is 11.4. The second kappa shape index (κ2) is 8.54. The molecule has 2 fully saturated rings. The number of hydrogen-bond acceptors (Lipinski definition) is 7. The molecular weight excluding hydrogens is 410 g/mol. The van der Waals surface area contributed by atoms with Crippen LogP contribution in [0.25, 0.3) is 0 Å². The number of piperidine rings is 2. The second-order valence-electron chi connectivity index (χ2n) is 8.93. The summed E-state index contributed by atoms with van der Waals surface area (Å²) in [6, 6.07) is 8.90. The lowest BCUT2D eigenvalue weighted by Crippen LogP contribution is -2.49. The third-order valence-corrected chi connectivity index (χ3v) is 6.95. The number of aromatic hydroxyl groups is 2. The van der Waals surface area contributed by atoms with Gasteiger partial charge in [-0.05, 0) is 55.6 Å². The van der Waals surface area contributed by atoms with Crippen LogP contribution in [-0.2, 0) is 16.0 Å². The smallest absolute Gasteiger partial charge is 0.306 e. The highest BCUT2D eigenvalue weighted by Crippen LogP contribution is 2.50. The van der Waals surface area contributed by atoms with E-state index < -0.39 is 0 Å². The van der Waals surface area contributed by atoms with Gasteiger partial charge in [0, 0.05) is 36.9 Å². The van der Waals surface area contributed by atoms with Crippen molar-refractivity contribution in [3.8, 4) is 28.7 Å². The van der Waals surface area contributed by atoms with E-state index in [1.54, 1.807) is 24.3 Å². The van der Waals surface area contributed by atoms with E-state index in [-0.39, 0.29) is 47.5 Å². The molecule has 5 rings (SSSR count). The third-order valence-electron chi connectivity index (χ3n) is 6.95. The molecule has 2 N–H and O–H groups in total. The molecule has 0 radical (unpaired) electrons. The van der Waals surface area contributed by atoms with Gasteiger partial charge in [0.25, 0.3) is 0 Å². The molecule has 3 aliphatic rings. The molecule has 2 saturated heterocycles. The summed E-state index contributed by atoms with van der Waals surface area (Å²) >= 11 is 0. The van der Waals surface area contributed by atoms with Gasteiger partial charge in [0.1, 0.15) is 6.10 Å². The van der Waals surface area contributed by atoms with Crippen molar-refractivity contribution in [3.05, 3.63) is 41.5 Å². The lowest BCUT2D eigenvalue weighted by Gasteiger charge is -2.47. The van der Waals surface area contributed by atoms with Gasteiger partial charge >= 0.3 is 5.97 Å². The normalized spacial score (nSPS) is 25.7. The zero-order valence-electron chi connectivity index (χ0n) is 18.3. The number of rotatable bonds is 1. The van der Waals surface area contributed by atoms with Crippen molar-refractivity contribution in [2.75, 3.05) is 13.7 Å². The van der Waals surface area contributed by atoms with Crippen molar-refractivity contribution in [2.45, 2.75) is 63.1 Å². The largest absolute Gasteiger partial charge is 0.504 e. The fourth-order valence-electron chi connectivity index (χ4n) is 5.37. The number of carbonyl (C=O) groups excluding carboxylic acids is 1. The Morgan fingerprint density at radius 2 is 1.97 bits per heavy atom. The van der Waals surface area contributed by atoms with Crippen molar-refractivity contribution in [3.63, 3.8) is 0 Å². The van der Waals surface area contributed by atoms with Crippen LogP contribution in [0.3, 0.4) is 0 Å². The molecule has 3 heterocycles. The van der Waals surface area contributed by atoms with Crippen molar-refractivity contribution in [1.29, 1.82) is 0 Å². The zero-order valence-corrected chi connectivity index (χ0v) is 18.3. The van der Waals surface area contributed by atoms with Crippen molar-refractivity contribution in [1.82, 2.24) is 4.90 Å². The molecule has 0 aromatic heterocycles. The molecule has 2 aromatic carbocycles. The maximum atomic E-state index is 12.6. The van der Waals surface area contributed by atoms with Crippen LogP contribution >= 0.6 is 0 Å². The Bertz CT molecular complexity index is 1020. The highest BCUT2D eigenvalue weighted by atomic mass is 16.5. The average Bonchev–Trinajstić information content (AvgIpc) is 2.80. The minimum absolute atomic E-state index is 0.0308. The van der Waals surface area contributed by atoms with E-state index in [2.05, 4.69) is 4.90 Å². The van der Waals surface area contributed by atoms with E-state index in [1.807, 2.05) is 6.07 Å². The monoisotopic (exact) mass is 439 g/mol. The van der Waals surface area contributed by atoms with E-state index in [1.165, 1.54) is 7.11 Å². The van der Waals surface area contributed by atoms with E-state index >= 15 is 0 Å². The molecule has 0 aliphatic carbocycles. The summed E-state index contributed by atoms with van der Waals surface area (Å²) in [6.07, 6.45) is 5.36. The van der Waals surface area contributed by atoms with Gasteiger partial charge in [0.05, 0.1) is 7.11 Å². The van der Waals surface area contributed by atoms with E-state index in [0.717, 1.165) is 43.4 Å². The SMILES string of the molecule is COc1ccc2c(c1O)Oc1cc(ccc1O)CCC(=O)O[C@H]1C[C@@H]3CCCCN3[C@H]2C1. The Balaban J connectivity index is 1.66. The Labute approximate surface area is 187 Å². The van der Waals surface area contributed by atoms with Gasteiger partial charge in [-0.2, -0.15) is 0 Å². The van der Waals surface area contributed by atoms with Crippen molar-refractivity contribution >= 4 is 5.97 Å². The van der Waals surface area contributed by atoms with E-state index in [9.17, 15) is 15.0 Å². The van der Waals surface area contributed by atoms with Gasteiger partial charge < -0.3 is 24.4 Å². The molecule has 170 valence electrons. The number of carbonyl (C=O) groups is 1. The number of benzene rings is 2. The van der Waals surface area contributed by atoms with Crippen LogP contribution < -0.4 is 9.47 Å². The van der Waals surface area contributed by atoms with Gasteiger partial charge in [0.15, 0.2) is 23.0 Å². The number of phenolic OH excluding ortho intramolecular Hbond substituents is 2. The van der Waals surface area contributed by atoms with Crippen molar-refractivity contribution in [2.24, 2.45) is 0 Å². The highest BCUT2D eigenvalue weighted by molar-refractivity contribution is 5.70. The summed E-state index contributed by atoms with van der Waals surface area (Å²) < 4.78 is 17.4. The quantitative estimate of drug-likeness (QED) is 0.635. The molecule has 0 spiro atoms. The highest BCUT2D eigenvalue weighted by Gasteiger charge is 2.41. The van der Waals surface area contributed by atoms with Crippen LogP contribution in [0.4, 0.5) is 0 Å². The molecular formula is C25H29NO6. The fourth-order valence-corrected chi connectivity index (χ4v) is 5.37. The molecule has 7 nitrogen and oxygen atoms in total. The molecule has 2 aromatic rings. The number of nitrogens with zero attached hydrogens (tertiary/aromatic N) is 1. The van der Waals surface area contributed by atoms with Gasteiger partial charge in [-0.1, -0.05) is 12.5 Å². The van der Waals surface area contributed by atoms with Crippen LogP contribution in [0, 0.1) is 0 Å². The third kappa shape index (κ3) is 3.86. The molecule has 32 heavy (non-hydrogen) atoms. The van der Waals surface area contributed by atoms with Gasteiger partial charge in [-0.3, -0.25) is 9.69 Å². The number of hydrogen-bond donors (Lipinski definition) is 2. The standard InChI is InChI=1S/C25H29NO6/c1-30-21-9-7-18-19-14-17(13-16-4-2-3-11-26(16)19)31-23(28)10-6-15-5-8-20(27)22(12-15)32-25(18)24(21)29/h5,7-9,12,16-17,19,27,29H,2-4,6,10-11,13-14H2,1H3/t16-,17-,19-/m0/s1. The van der Waals surface area contributed by atoms with E-state index in [4.69, 9.17) is 14.2 Å². The Morgan fingerprint density at radius 3 is 2.81 bits per heavy atom.